The fourth-order valence-electron chi connectivity index (χ4n) is 3.05. The number of carbonyl (C=O) groups excluding carboxylic acids is 2. The molecule has 2 amide bonds. The Balaban J connectivity index is 1.66. The summed E-state index contributed by atoms with van der Waals surface area (Å²) >= 11 is 0. The van der Waals surface area contributed by atoms with E-state index >= 15 is 0 Å². The second kappa shape index (κ2) is 9.57. The van der Waals surface area contributed by atoms with Crippen LogP contribution in [0.2, 0.25) is 0 Å². The van der Waals surface area contributed by atoms with Gasteiger partial charge in [0.15, 0.2) is 0 Å². The van der Waals surface area contributed by atoms with Gasteiger partial charge in [-0.1, -0.05) is 30.3 Å². The van der Waals surface area contributed by atoms with Crippen LogP contribution in [0.4, 0.5) is 4.79 Å². The molecule has 0 aliphatic carbocycles. The van der Waals surface area contributed by atoms with Crippen molar-refractivity contribution >= 4 is 12.0 Å². The molecule has 1 fully saturated rings. The Kier molecular flexibility index (Phi) is 7.45. The van der Waals surface area contributed by atoms with Gasteiger partial charge in [0.05, 0.1) is 6.04 Å². The zero-order chi connectivity index (χ0) is 19.0. The lowest BCUT2D eigenvalue weighted by molar-refractivity contribution is -0.125. The van der Waals surface area contributed by atoms with Gasteiger partial charge < -0.3 is 15.4 Å². The number of ether oxygens (including phenoxy) is 1. The Hall–Kier alpha value is -2.08. The lowest BCUT2D eigenvalue weighted by Gasteiger charge is -2.23. The number of rotatable bonds is 7. The lowest BCUT2D eigenvalue weighted by atomic mass is 10.1. The number of nitrogens with one attached hydrogen (secondary N) is 2. The van der Waals surface area contributed by atoms with Crippen molar-refractivity contribution in [2.75, 3.05) is 19.6 Å². The molecular formula is C20H31N3O3. The Morgan fingerprint density at radius 2 is 1.85 bits per heavy atom. The molecule has 144 valence electrons. The predicted molar refractivity (Wildman–Crippen MR) is 102 cm³/mol. The largest absolute Gasteiger partial charge is 0.444 e. The van der Waals surface area contributed by atoms with E-state index in [0.717, 1.165) is 25.9 Å². The third-order valence-corrected chi connectivity index (χ3v) is 4.22. The van der Waals surface area contributed by atoms with E-state index in [1.54, 1.807) is 0 Å². The zero-order valence-electron chi connectivity index (χ0n) is 16.1. The molecule has 0 radical (unpaired) electrons. The summed E-state index contributed by atoms with van der Waals surface area (Å²) in [5.41, 5.74) is 0.733. The molecule has 6 nitrogen and oxygen atoms in total. The van der Waals surface area contributed by atoms with Crippen molar-refractivity contribution in [2.45, 2.75) is 58.2 Å². The summed E-state index contributed by atoms with van der Waals surface area (Å²) in [5.74, 6) is 0.0794. The number of hydrogen-bond acceptors (Lipinski definition) is 4. The average molecular weight is 361 g/mol. The van der Waals surface area contributed by atoms with Gasteiger partial charge in [-0.2, -0.15) is 0 Å². The number of hydrogen-bond donors (Lipinski definition) is 2. The lowest BCUT2D eigenvalue weighted by Crippen LogP contribution is -2.43. The fraction of sp³-hybridized carbons (Fsp3) is 0.600. The Morgan fingerprint density at radius 3 is 2.54 bits per heavy atom. The van der Waals surface area contributed by atoms with Crippen LogP contribution < -0.4 is 10.6 Å². The van der Waals surface area contributed by atoms with E-state index in [2.05, 4.69) is 27.7 Å². The standard InChI is InChI=1S/C20H31N3O3/c1-20(2,3)26-19(25)22-13-8-12-21-18(24)17-11-7-14-23(17)15-16-9-5-4-6-10-16/h4-6,9-10,17H,7-8,11-15H2,1-3H3,(H,21,24)(H,22,25). The van der Waals surface area contributed by atoms with Crippen LogP contribution in [-0.4, -0.2) is 48.2 Å². The van der Waals surface area contributed by atoms with Gasteiger partial charge in [-0.05, 0) is 52.1 Å². The summed E-state index contributed by atoms with van der Waals surface area (Å²) in [5, 5.41) is 5.69. The van der Waals surface area contributed by atoms with Gasteiger partial charge in [0.25, 0.3) is 0 Å². The van der Waals surface area contributed by atoms with Crippen LogP contribution >= 0.6 is 0 Å². The smallest absolute Gasteiger partial charge is 0.407 e. The van der Waals surface area contributed by atoms with Crippen LogP contribution in [0.5, 0.6) is 0 Å². The minimum absolute atomic E-state index is 0.0611. The Bertz CT molecular complexity index is 584. The molecule has 1 aliphatic heterocycles. The first-order valence-corrected chi connectivity index (χ1v) is 9.38. The van der Waals surface area contributed by atoms with E-state index in [-0.39, 0.29) is 11.9 Å². The Labute approximate surface area is 156 Å². The van der Waals surface area contributed by atoms with Crippen molar-refractivity contribution in [3.05, 3.63) is 35.9 Å². The summed E-state index contributed by atoms with van der Waals surface area (Å²) < 4.78 is 5.17. The van der Waals surface area contributed by atoms with E-state index in [1.165, 1.54) is 5.56 Å². The number of likely N-dealkylation sites (tertiary alicyclic amines) is 1. The van der Waals surface area contributed by atoms with Crippen molar-refractivity contribution in [3.63, 3.8) is 0 Å². The highest BCUT2D eigenvalue weighted by Crippen LogP contribution is 2.20. The van der Waals surface area contributed by atoms with Gasteiger partial charge in [0.1, 0.15) is 5.60 Å². The first-order chi connectivity index (χ1) is 12.3. The van der Waals surface area contributed by atoms with Crippen molar-refractivity contribution in [1.82, 2.24) is 15.5 Å². The molecule has 1 heterocycles. The molecule has 1 aromatic carbocycles. The minimum atomic E-state index is -0.497. The highest BCUT2D eigenvalue weighted by molar-refractivity contribution is 5.82. The van der Waals surface area contributed by atoms with Crippen LogP contribution in [0.1, 0.15) is 45.6 Å². The third kappa shape index (κ3) is 7.04. The van der Waals surface area contributed by atoms with E-state index < -0.39 is 11.7 Å². The second-order valence-electron chi connectivity index (χ2n) is 7.69. The molecule has 0 spiro atoms. The summed E-state index contributed by atoms with van der Waals surface area (Å²) in [7, 11) is 0. The summed E-state index contributed by atoms with van der Waals surface area (Å²) in [6.45, 7) is 8.27. The average Bonchev–Trinajstić information content (AvgIpc) is 3.02. The van der Waals surface area contributed by atoms with E-state index in [1.807, 2.05) is 39.0 Å². The van der Waals surface area contributed by atoms with Crippen LogP contribution in [0.3, 0.4) is 0 Å². The van der Waals surface area contributed by atoms with Gasteiger partial charge in [-0.25, -0.2) is 4.79 Å². The van der Waals surface area contributed by atoms with Crippen LogP contribution in [0.25, 0.3) is 0 Å². The number of amides is 2. The van der Waals surface area contributed by atoms with Crippen LogP contribution in [0, 0.1) is 0 Å². The maximum atomic E-state index is 12.5. The summed E-state index contributed by atoms with van der Waals surface area (Å²) in [6, 6.07) is 10.2. The molecule has 0 saturated carbocycles. The maximum Gasteiger partial charge on any atom is 0.407 e. The normalized spacial score (nSPS) is 17.7. The van der Waals surface area contributed by atoms with Gasteiger partial charge in [-0.3, -0.25) is 9.69 Å². The zero-order valence-corrected chi connectivity index (χ0v) is 16.1. The predicted octanol–water partition coefficient (Wildman–Crippen LogP) is 2.68. The third-order valence-electron chi connectivity index (χ3n) is 4.22. The summed E-state index contributed by atoms with van der Waals surface area (Å²) in [4.78, 5) is 26.3. The fourth-order valence-corrected chi connectivity index (χ4v) is 3.05. The van der Waals surface area contributed by atoms with E-state index in [9.17, 15) is 9.59 Å². The molecule has 1 saturated heterocycles. The highest BCUT2D eigenvalue weighted by atomic mass is 16.6. The van der Waals surface area contributed by atoms with Crippen LogP contribution in [-0.2, 0) is 16.1 Å². The van der Waals surface area contributed by atoms with E-state index in [0.29, 0.717) is 19.5 Å². The molecule has 26 heavy (non-hydrogen) atoms. The van der Waals surface area contributed by atoms with Gasteiger partial charge >= 0.3 is 6.09 Å². The van der Waals surface area contributed by atoms with Crippen molar-refractivity contribution in [3.8, 4) is 0 Å². The molecule has 0 aromatic heterocycles. The van der Waals surface area contributed by atoms with Crippen molar-refractivity contribution in [1.29, 1.82) is 0 Å². The van der Waals surface area contributed by atoms with Gasteiger partial charge in [-0.15, -0.1) is 0 Å². The molecule has 1 aliphatic rings. The Morgan fingerprint density at radius 1 is 1.15 bits per heavy atom. The number of nitrogens with zero attached hydrogens (tertiary/aromatic N) is 1. The molecule has 1 aromatic rings. The molecule has 1 unspecified atom stereocenters. The maximum absolute atomic E-state index is 12.5. The first-order valence-electron chi connectivity index (χ1n) is 9.38. The molecular weight excluding hydrogens is 330 g/mol. The van der Waals surface area contributed by atoms with Gasteiger partial charge in [0.2, 0.25) is 5.91 Å². The first kappa shape index (κ1) is 20.2. The van der Waals surface area contributed by atoms with Crippen molar-refractivity contribution in [2.24, 2.45) is 0 Å². The van der Waals surface area contributed by atoms with Crippen LogP contribution in [0.15, 0.2) is 30.3 Å². The molecule has 2 N–H and O–H groups in total. The second-order valence-corrected chi connectivity index (χ2v) is 7.69. The monoisotopic (exact) mass is 361 g/mol. The van der Waals surface area contributed by atoms with Crippen molar-refractivity contribution < 1.29 is 14.3 Å². The molecule has 2 rings (SSSR count). The quantitative estimate of drug-likeness (QED) is 0.733. The van der Waals surface area contributed by atoms with E-state index in [4.69, 9.17) is 4.74 Å². The summed E-state index contributed by atoms with van der Waals surface area (Å²) in [6.07, 6.45) is 2.20. The molecule has 1 atom stereocenters. The number of alkyl carbamates (subject to hydrolysis) is 1. The topological polar surface area (TPSA) is 70.7 Å². The molecule has 0 bridgehead atoms. The van der Waals surface area contributed by atoms with Gasteiger partial charge in [0, 0.05) is 19.6 Å². The highest BCUT2D eigenvalue weighted by Gasteiger charge is 2.30. The number of carbonyl (C=O) groups is 2. The molecule has 6 heteroatoms. The number of benzene rings is 1. The minimum Gasteiger partial charge on any atom is -0.444 e. The SMILES string of the molecule is CC(C)(C)OC(=O)NCCCNC(=O)C1CCCN1Cc1ccccc1.